The summed E-state index contributed by atoms with van der Waals surface area (Å²) in [5.41, 5.74) is 0.0586. The lowest BCUT2D eigenvalue weighted by Gasteiger charge is -2.15. The number of esters is 2. The van der Waals surface area contributed by atoms with E-state index >= 15 is 0 Å². The highest BCUT2D eigenvalue weighted by Gasteiger charge is 2.30. The number of nitrogens with zero attached hydrogens (tertiary/aromatic N) is 1. The van der Waals surface area contributed by atoms with Crippen LogP contribution < -0.4 is 0 Å². The molecule has 0 aliphatic carbocycles. The van der Waals surface area contributed by atoms with Crippen molar-refractivity contribution in [3.63, 3.8) is 0 Å². The van der Waals surface area contributed by atoms with Crippen LogP contribution in [0.15, 0.2) is 33.7 Å². The third-order valence-electron chi connectivity index (χ3n) is 4.13. The van der Waals surface area contributed by atoms with Gasteiger partial charge in [-0.05, 0) is 37.6 Å². The molecule has 152 valence electrons. The van der Waals surface area contributed by atoms with Crippen LogP contribution in [0.5, 0.6) is 0 Å². The average molecular weight is 411 g/mol. The standard InChI is InChI=1S/C18H21NO8S/c1-11-5-7-14(27-11)16(20)13-6-8-15(28(4,23)24)19(13)10-9-12(17(21)25-2)18(22)26-3/h5-8,12H,9-10H2,1-4H3. The number of carbonyl (C=O) groups excluding carboxylic acids is 3. The maximum atomic E-state index is 12.8. The molecule has 2 rings (SSSR count). The molecule has 0 spiro atoms. The maximum Gasteiger partial charge on any atom is 0.320 e. The summed E-state index contributed by atoms with van der Waals surface area (Å²) in [5.74, 6) is -2.81. The first-order valence-corrected chi connectivity index (χ1v) is 10.2. The Morgan fingerprint density at radius 3 is 2.14 bits per heavy atom. The summed E-state index contributed by atoms with van der Waals surface area (Å²) >= 11 is 0. The molecule has 2 heterocycles. The van der Waals surface area contributed by atoms with Crippen molar-refractivity contribution in [3.8, 4) is 0 Å². The second-order valence-electron chi connectivity index (χ2n) is 6.11. The van der Waals surface area contributed by atoms with Crippen molar-refractivity contribution in [1.82, 2.24) is 4.57 Å². The molecule has 0 saturated carbocycles. The predicted molar refractivity (Wildman–Crippen MR) is 96.6 cm³/mol. The van der Waals surface area contributed by atoms with Gasteiger partial charge in [-0.3, -0.25) is 14.4 Å². The van der Waals surface area contributed by atoms with Gasteiger partial charge in [0.1, 0.15) is 10.8 Å². The van der Waals surface area contributed by atoms with E-state index < -0.39 is 33.5 Å². The first kappa shape index (κ1) is 21.4. The summed E-state index contributed by atoms with van der Waals surface area (Å²) < 4.78 is 40.0. The van der Waals surface area contributed by atoms with E-state index in [1.54, 1.807) is 13.0 Å². The molecule has 0 aromatic carbocycles. The fourth-order valence-electron chi connectivity index (χ4n) is 2.76. The summed E-state index contributed by atoms with van der Waals surface area (Å²) in [7, 11) is -1.42. The third kappa shape index (κ3) is 4.50. The van der Waals surface area contributed by atoms with Gasteiger partial charge >= 0.3 is 11.9 Å². The van der Waals surface area contributed by atoms with Crippen LogP contribution in [0.25, 0.3) is 0 Å². The fourth-order valence-corrected chi connectivity index (χ4v) is 3.66. The maximum absolute atomic E-state index is 12.8. The van der Waals surface area contributed by atoms with Crippen molar-refractivity contribution in [2.75, 3.05) is 20.5 Å². The normalized spacial score (nSPS) is 11.5. The number of methoxy groups -OCH3 is 2. The highest BCUT2D eigenvalue weighted by molar-refractivity contribution is 7.90. The van der Waals surface area contributed by atoms with Gasteiger partial charge in [0.25, 0.3) is 0 Å². The van der Waals surface area contributed by atoms with Gasteiger partial charge in [-0.25, -0.2) is 8.42 Å². The van der Waals surface area contributed by atoms with E-state index in [9.17, 15) is 22.8 Å². The number of sulfone groups is 1. The number of ketones is 1. The Bertz CT molecular complexity index is 983. The summed E-state index contributed by atoms with van der Waals surface area (Å²) in [6.07, 6.45) is 0.885. The number of hydrogen-bond acceptors (Lipinski definition) is 8. The summed E-state index contributed by atoms with van der Waals surface area (Å²) in [5, 5.41) is -0.118. The zero-order valence-corrected chi connectivity index (χ0v) is 16.7. The Labute approximate surface area is 162 Å². The summed E-state index contributed by atoms with van der Waals surface area (Å²) in [6.45, 7) is 1.57. The Balaban J connectivity index is 2.43. The summed E-state index contributed by atoms with van der Waals surface area (Å²) in [6, 6.07) is 5.76. The molecule has 2 aromatic heterocycles. The van der Waals surface area contributed by atoms with Crippen LogP contribution in [0.2, 0.25) is 0 Å². The molecule has 2 aromatic rings. The Hall–Kier alpha value is -2.88. The van der Waals surface area contributed by atoms with Crippen molar-refractivity contribution in [2.24, 2.45) is 5.92 Å². The molecule has 0 bridgehead atoms. The molecule has 0 amide bonds. The van der Waals surface area contributed by atoms with E-state index in [2.05, 4.69) is 9.47 Å². The van der Waals surface area contributed by atoms with Crippen molar-refractivity contribution in [2.45, 2.75) is 24.9 Å². The quantitative estimate of drug-likeness (QED) is 0.363. The average Bonchev–Trinajstić information content (AvgIpc) is 3.26. The first-order chi connectivity index (χ1) is 13.1. The smallest absolute Gasteiger partial charge is 0.320 e. The van der Waals surface area contributed by atoms with E-state index in [4.69, 9.17) is 4.42 Å². The lowest BCUT2D eigenvalue weighted by atomic mass is 10.1. The number of furan rings is 1. The largest absolute Gasteiger partial charge is 0.468 e. The second-order valence-corrected chi connectivity index (χ2v) is 8.07. The van der Waals surface area contributed by atoms with Crippen molar-refractivity contribution < 1.29 is 36.7 Å². The third-order valence-corrected chi connectivity index (χ3v) is 5.25. The van der Waals surface area contributed by atoms with Gasteiger partial charge < -0.3 is 18.5 Å². The van der Waals surface area contributed by atoms with Gasteiger partial charge in [-0.2, -0.15) is 0 Å². The minimum atomic E-state index is -3.67. The van der Waals surface area contributed by atoms with E-state index in [0.29, 0.717) is 5.76 Å². The zero-order chi connectivity index (χ0) is 21.1. The number of carbonyl (C=O) groups is 3. The number of hydrogen-bond donors (Lipinski definition) is 0. The number of aryl methyl sites for hydroxylation is 1. The molecule has 0 aliphatic rings. The van der Waals surface area contributed by atoms with Crippen LogP contribution in [0.4, 0.5) is 0 Å². The topological polar surface area (TPSA) is 122 Å². The van der Waals surface area contributed by atoms with Crippen LogP contribution in [0, 0.1) is 12.8 Å². The highest BCUT2D eigenvalue weighted by atomic mass is 32.2. The van der Waals surface area contributed by atoms with E-state index in [1.165, 1.54) is 22.8 Å². The van der Waals surface area contributed by atoms with Gasteiger partial charge in [0, 0.05) is 12.8 Å². The van der Waals surface area contributed by atoms with Crippen LogP contribution in [0.3, 0.4) is 0 Å². The van der Waals surface area contributed by atoms with Gasteiger partial charge in [-0.15, -0.1) is 0 Å². The summed E-state index contributed by atoms with van der Waals surface area (Å²) in [4.78, 5) is 36.5. The Morgan fingerprint density at radius 1 is 1.07 bits per heavy atom. The van der Waals surface area contributed by atoms with Gasteiger partial charge in [0.15, 0.2) is 21.5 Å². The molecule has 0 saturated heterocycles. The SMILES string of the molecule is COC(=O)C(CCn1c(C(=O)c2ccc(C)o2)ccc1S(C)(=O)=O)C(=O)OC. The van der Waals surface area contributed by atoms with Crippen LogP contribution in [-0.2, 0) is 35.4 Å². The first-order valence-electron chi connectivity index (χ1n) is 8.26. The molecule has 9 nitrogen and oxygen atoms in total. The number of aromatic nitrogens is 1. The molecule has 0 atom stereocenters. The van der Waals surface area contributed by atoms with E-state index in [0.717, 1.165) is 20.5 Å². The van der Waals surface area contributed by atoms with Gasteiger partial charge in [0.2, 0.25) is 5.78 Å². The van der Waals surface area contributed by atoms with E-state index in [-0.39, 0.29) is 29.4 Å². The lowest BCUT2D eigenvalue weighted by molar-refractivity contribution is -0.159. The molecule has 0 fully saturated rings. The molecule has 0 radical (unpaired) electrons. The molecule has 10 heteroatoms. The van der Waals surface area contributed by atoms with Crippen LogP contribution in [-0.4, -0.2) is 51.2 Å². The highest BCUT2D eigenvalue weighted by Crippen LogP contribution is 2.22. The van der Waals surface area contributed by atoms with E-state index in [1.807, 2.05) is 0 Å². The molecule has 0 unspecified atom stereocenters. The van der Waals surface area contributed by atoms with Crippen LogP contribution >= 0.6 is 0 Å². The predicted octanol–water partition coefficient (Wildman–Crippen LogP) is 1.38. The number of ether oxygens (including phenoxy) is 2. The van der Waals surface area contributed by atoms with Crippen molar-refractivity contribution in [1.29, 1.82) is 0 Å². The molecule has 0 aliphatic heterocycles. The van der Waals surface area contributed by atoms with Crippen molar-refractivity contribution >= 4 is 27.6 Å². The molecular weight excluding hydrogens is 390 g/mol. The van der Waals surface area contributed by atoms with Crippen molar-refractivity contribution in [3.05, 3.63) is 41.5 Å². The Morgan fingerprint density at radius 2 is 1.68 bits per heavy atom. The minimum absolute atomic E-state index is 0.0504. The fraction of sp³-hybridized carbons (Fsp3) is 0.389. The van der Waals surface area contributed by atoms with Gasteiger partial charge in [-0.1, -0.05) is 0 Å². The molecular formula is C18H21NO8S. The molecule has 0 N–H and O–H groups in total. The minimum Gasteiger partial charge on any atom is -0.468 e. The second kappa shape index (κ2) is 8.42. The zero-order valence-electron chi connectivity index (χ0n) is 15.9. The van der Waals surface area contributed by atoms with Gasteiger partial charge in [0.05, 0.1) is 19.9 Å². The molecule has 28 heavy (non-hydrogen) atoms. The van der Waals surface area contributed by atoms with Crippen LogP contribution in [0.1, 0.15) is 28.4 Å². The Kier molecular flexibility index (Phi) is 6.45. The number of rotatable bonds is 8. The lowest BCUT2D eigenvalue weighted by Crippen LogP contribution is -2.28. The monoisotopic (exact) mass is 411 g/mol.